The van der Waals surface area contributed by atoms with Gasteiger partial charge in [0.15, 0.2) is 5.22 Å². The lowest BCUT2D eigenvalue weighted by molar-refractivity contribution is 0.492. The van der Waals surface area contributed by atoms with Crippen LogP contribution in [0.5, 0.6) is 0 Å². The van der Waals surface area contributed by atoms with Gasteiger partial charge in [0.05, 0.1) is 4.83 Å². The summed E-state index contributed by atoms with van der Waals surface area (Å²) in [5.41, 5.74) is 1.21. The molecule has 0 radical (unpaired) electrons. The highest BCUT2D eigenvalue weighted by molar-refractivity contribution is 9.09. The molecular weight excluding hydrogens is 289 g/mol. The van der Waals surface area contributed by atoms with E-state index in [0.29, 0.717) is 11.1 Å². The second kappa shape index (κ2) is 5.02. The molecule has 0 bridgehead atoms. The van der Waals surface area contributed by atoms with E-state index in [-0.39, 0.29) is 4.83 Å². The topological polar surface area (TPSA) is 26.0 Å². The molecule has 0 fully saturated rings. The van der Waals surface area contributed by atoms with E-state index in [1.54, 1.807) is 18.5 Å². The summed E-state index contributed by atoms with van der Waals surface area (Å²) in [6.45, 7) is 2.13. The van der Waals surface area contributed by atoms with Gasteiger partial charge in [-0.2, -0.15) is 0 Å². The Morgan fingerprint density at radius 2 is 1.94 bits per heavy atom. The number of alkyl halides is 1. The van der Waals surface area contributed by atoms with E-state index in [2.05, 4.69) is 27.8 Å². The summed E-state index contributed by atoms with van der Waals surface area (Å²) in [6.07, 6.45) is 3.58. The first-order valence-electron chi connectivity index (χ1n) is 4.97. The molecule has 2 aromatic heterocycles. The van der Waals surface area contributed by atoms with Crippen LogP contribution in [-0.4, -0.2) is 4.98 Å². The van der Waals surface area contributed by atoms with Crippen molar-refractivity contribution < 1.29 is 4.42 Å². The van der Waals surface area contributed by atoms with Crippen molar-refractivity contribution in [2.24, 2.45) is 0 Å². The van der Waals surface area contributed by atoms with Crippen molar-refractivity contribution in [1.29, 1.82) is 0 Å². The highest BCUT2D eigenvalue weighted by atomic mass is 79.9. The van der Waals surface area contributed by atoms with Gasteiger partial charge in [-0.05, 0) is 41.4 Å². The Balaban J connectivity index is 2.19. The van der Waals surface area contributed by atoms with E-state index < -0.39 is 0 Å². The van der Waals surface area contributed by atoms with Crippen molar-refractivity contribution in [3.63, 3.8) is 0 Å². The molecule has 0 aliphatic carbocycles. The molecule has 84 valence electrons. The fraction of sp³-hybridized carbons (Fsp3) is 0.250. The zero-order valence-corrected chi connectivity index (χ0v) is 11.1. The van der Waals surface area contributed by atoms with Gasteiger partial charge < -0.3 is 4.42 Å². The Hall–Kier alpha value is -0.800. The third-order valence-corrected chi connectivity index (χ3v) is 3.98. The summed E-state index contributed by atoms with van der Waals surface area (Å²) in [5, 5.41) is 0.418. The maximum absolute atomic E-state index is 5.76. The van der Waals surface area contributed by atoms with Crippen molar-refractivity contribution in [3.8, 4) is 0 Å². The second-order valence-electron chi connectivity index (χ2n) is 3.61. The summed E-state index contributed by atoms with van der Waals surface area (Å²) in [7, 11) is 0. The predicted molar refractivity (Wildman–Crippen MR) is 68.0 cm³/mol. The standard InChI is InChI=1S/C12H11BrClNO/c1-8(9-4-6-15-7-5-9)12(13)10-2-3-11(14)16-10/h2-8,12H,1H3. The third kappa shape index (κ3) is 2.47. The maximum Gasteiger partial charge on any atom is 0.193 e. The molecule has 2 rings (SSSR count). The first-order chi connectivity index (χ1) is 7.68. The van der Waals surface area contributed by atoms with Crippen molar-refractivity contribution >= 4 is 27.5 Å². The largest absolute Gasteiger partial charge is 0.449 e. The van der Waals surface area contributed by atoms with Gasteiger partial charge in [0.25, 0.3) is 0 Å². The highest BCUT2D eigenvalue weighted by Crippen LogP contribution is 2.38. The third-order valence-electron chi connectivity index (χ3n) is 2.54. The number of furan rings is 1. The smallest absolute Gasteiger partial charge is 0.193 e. The molecule has 2 atom stereocenters. The molecule has 0 spiro atoms. The van der Waals surface area contributed by atoms with E-state index in [1.807, 2.05) is 18.2 Å². The fourth-order valence-electron chi connectivity index (χ4n) is 1.56. The number of nitrogens with zero attached hydrogens (tertiary/aromatic N) is 1. The summed E-state index contributed by atoms with van der Waals surface area (Å²) in [6, 6.07) is 7.65. The first kappa shape index (κ1) is 11.7. The van der Waals surface area contributed by atoms with Crippen LogP contribution in [0.4, 0.5) is 0 Å². The quantitative estimate of drug-likeness (QED) is 0.776. The zero-order valence-electron chi connectivity index (χ0n) is 8.73. The van der Waals surface area contributed by atoms with Crippen LogP contribution in [0.25, 0.3) is 0 Å². The monoisotopic (exact) mass is 299 g/mol. The lowest BCUT2D eigenvalue weighted by Crippen LogP contribution is -2.01. The van der Waals surface area contributed by atoms with Crippen molar-refractivity contribution in [2.45, 2.75) is 17.7 Å². The summed E-state index contributed by atoms with van der Waals surface area (Å²) < 4.78 is 5.39. The number of hydrogen-bond acceptors (Lipinski definition) is 2. The number of rotatable bonds is 3. The zero-order chi connectivity index (χ0) is 11.5. The van der Waals surface area contributed by atoms with Crippen LogP contribution in [0, 0.1) is 0 Å². The molecule has 0 saturated carbocycles. The molecule has 0 aliphatic heterocycles. The van der Waals surface area contributed by atoms with Crippen LogP contribution in [0.3, 0.4) is 0 Å². The molecule has 0 saturated heterocycles. The molecule has 2 nitrogen and oxygen atoms in total. The van der Waals surface area contributed by atoms with Gasteiger partial charge >= 0.3 is 0 Å². The van der Waals surface area contributed by atoms with E-state index in [4.69, 9.17) is 16.0 Å². The second-order valence-corrected chi connectivity index (χ2v) is 4.97. The van der Waals surface area contributed by atoms with Gasteiger partial charge in [-0.15, -0.1) is 0 Å². The normalized spacial score (nSPS) is 14.7. The lowest BCUT2D eigenvalue weighted by Gasteiger charge is -2.16. The lowest BCUT2D eigenvalue weighted by atomic mass is 9.98. The van der Waals surface area contributed by atoms with Crippen LogP contribution in [0.15, 0.2) is 41.1 Å². The van der Waals surface area contributed by atoms with Crippen molar-refractivity contribution in [1.82, 2.24) is 4.98 Å². The SMILES string of the molecule is CC(c1ccncc1)C(Br)c1ccc(Cl)o1. The van der Waals surface area contributed by atoms with Gasteiger partial charge in [0.2, 0.25) is 0 Å². The molecule has 0 amide bonds. The van der Waals surface area contributed by atoms with Crippen molar-refractivity contribution in [2.75, 3.05) is 0 Å². The van der Waals surface area contributed by atoms with Gasteiger partial charge in [-0.25, -0.2) is 0 Å². The molecule has 4 heteroatoms. The average Bonchev–Trinajstić information content (AvgIpc) is 2.75. The van der Waals surface area contributed by atoms with Crippen LogP contribution < -0.4 is 0 Å². The minimum atomic E-state index is 0.113. The van der Waals surface area contributed by atoms with E-state index in [9.17, 15) is 0 Å². The molecule has 16 heavy (non-hydrogen) atoms. The Morgan fingerprint density at radius 3 is 2.50 bits per heavy atom. The van der Waals surface area contributed by atoms with Crippen LogP contribution >= 0.6 is 27.5 Å². The minimum Gasteiger partial charge on any atom is -0.449 e. The predicted octanol–water partition coefficient (Wildman–Crippen LogP) is 4.57. The number of pyridine rings is 1. The minimum absolute atomic E-state index is 0.113. The summed E-state index contributed by atoms with van der Waals surface area (Å²) in [5.74, 6) is 1.14. The Kier molecular flexibility index (Phi) is 3.66. The fourth-order valence-corrected chi connectivity index (χ4v) is 2.26. The highest BCUT2D eigenvalue weighted by Gasteiger charge is 2.20. The molecule has 0 aliphatic rings. The van der Waals surface area contributed by atoms with Crippen molar-refractivity contribution in [3.05, 3.63) is 53.2 Å². The van der Waals surface area contributed by atoms with Crippen LogP contribution in [0.1, 0.15) is 29.0 Å². The number of halogens is 2. The van der Waals surface area contributed by atoms with Gasteiger partial charge in [-0.3, -0.25) is 4.98 Å². The Morgan fingerprint density at radius 1 is 1.25 bits per heavy atom. The van der Waals surface area contributed by atoms with E-state index in [1.165, 1.54) is 5.56 Å². The van der Waals surface area contributed by atoms with Crippen LogP contribution in [0.2, 0.25) is 5.22 Å². The molecule has 0 N–H and O–H groups in total. The van der Waals surface area contributed by atoms with E-state index in [0.717, 1.165) is 5.76 Å². The van der Waals surface area contributed by atoms with Gasteiger partial charge in [0, 0.05) is 18.3 Å². The Labute approximate surface area is 108 Å². The maximum atomic E-state index is 5.76. The molecule has 2 heterocycles. The molecule has 2 unspecified atom stereocenters. The van der Waals surface area contributed by atoms with Gasteiger partial charge in [-0.1, -0.05) is 22.9 Å². The van der Waals surface area contributed by atoms with E-state index >= 15 is 0 Å². The first-order valence-corrected chi connectivity index (χ1v) is 6.27. The van der Waals surface area contributed by atoms with Gasteiger partial charge in [0.1, 0.15) is 5.76 Å². The molecule has 2 aromatic rings. The van der Waals surface area contributed by atoms with Crippen LogP contribution in [-0.2, 0) is 0 Å². The average molecular weight is 301 g/mol. The summed E-state index contributed by atoms with van der Waals surface area (Å²) in [4.78, 5) is 4.12. The summed E-state index contributed by atoms with van der Waals surface area (Å²) >= 11 is 9.39. The molecule has 0 aromatic carbocycles. The Bertz CT molecular complexity index is 457. The number of hydrogen-bond donors (Lipinski definition) is 0. The number of aromatic nitrogens is 1. The molecular formula is C12H11BrClNO.